The normalized spacial score (nSPS) is 39.2. The van der Waals surface area contributed by atoms with Gasteiger partial charge in [-0.1, -0.05) is 26.8 Å². The molecule has 6 aliphatic rings. The minimum absolute atomic E-state index is 0.0170. The van der Waals surface area contributed by atoms with E-state index in [0.29, 0.717) is 13.2 Å². The van der Waals surface area contributed by atoms with Gasteiger partial charge < -0.3 is 29.0 Å². The Bertz CT molecular complexity index is 1110. The summed E-state index contributed by atoms with van der Waals surface area (Å²) < 4.78 is 24.9. The van der Waals surface area contributed by atoms with Crippen LogP contribution in [0.15, 0.2) is 12.1 Å². The van der Waals surface area contributed by atoms with Crippen molar-refractivity contribution in [1.82, 2.24) is 4.90 Å². The Balaban J connectivity index is 1.62. The molecule has 2 spiro atoms. The average molecular weight is 500 g/mol. The monoisotopic (exact) mass is 499 g/mol. The van der Waals surface area contributed by atoms with Crippen molar-refractivity contribution in [2.75, 3.05) is 27.4 Å². The average Bonchev–Trinajstić information content (AvgIpc) is 3.20. The lowest BCUT2D eigenvalue weighted by Gasteiger charge is -2.75. The van der Waals surface area contributed by atoms with Crippen molar-refractivity contribution >= 4 is 6.09 Å². The van der Waals surface area contributed by atoms with Crippen molar-refractivity contribution < 1.29 is 28.8 Å². The predicted molar refractivity (Wildman–Crippen MR) is 135 cm³/mol. The number of carbonyl (C=O) groups excluding carboxylic acids is 1. The summed E-state index contributed by atoms with van der Waals surface area (Å²) in [6, 6.07) is 4.13. The van der Waals surface area contributed by atoms with Gasteiger partial charge in [0.2, 0.25) is 0 Å². The number of ether oxygens (including phenoxy) is 4. The van der Waals surface area contributed by atoms with Crippen molar-refractivity contribution in [1.29, 1.82) is 0 Å². The van der Waals surface area contributed by atoms with Gasteiger partial charge in [0, 0.05) is 42.0 Å². The maximum Gasteiger partial charge on any atom is 0.410 e. The molecule has 1 N–H and O–H groups in total. The lowest BCUT2D eigenvalue weighted by molar-refractivity contribution is -0.310. The lowest BCUT2D eigenvalue weighted by Crippen LogP contribution is -2.83. The molecule has 0 aromatic heterocycles. The van der Waals surface area contributed by atoms with Gasteiger partial charge in [-0.15, -0.1) is 0 Å². The predicted octanol–water partition coefficient (Wildman–Crippen LogP) is 4.46. The van der Waals surface area contributed by atoms with Gasteiger partial charge in [0.05, 0.1) is 19.3 Å². The topological polar surface area (TPSA) is 77.5 Å². The van der Waals surface area contributed by atoms with E-state index < -0.39 is 11.2 Å². The Hall–Kier alpha value is -1.99. The number of amides is 1. The Morgan fingerprint density at radius 2 is 1.94 bits per heavy atom. The second-order valence-corrected chi connectivity index (χ2v) is 12.9. The van der Waals surface area contributed by atoms with Crippen molar-refractivity contribution in [3.8, 4) is 11.5 Å². The van der Waals surface area contributed by atoms with Gasteiger partial charge >= 0.3 is 6.09 Å². The molecular formula is C29H41NO6. The van der Waals surface area contributed by atoms with E-state index in [1.807, 2.05) is 24.8 Å². The summed E-state index contributed by atoms with van der Waals surface area (Å²) in [7, 11) is 3.49. The summed E-state index contributed by atoms with van der Waals surface area (Å²) >= 11 is 0. The maximum atomic E-state index is 13.3. The number of carbonyl (C=O) groups is 1. The zero-order valence-corrected chi connectivity index (χ0v) is 22.8. The van der Waals surface area contributed by atoms with Crippen molar-refractivity contribution in [2.45, 2.75) is 95.5 Å². The first-order chi connectivity index (χ1) is 16.9. The molecule has 7 nitrogen and oxygen atoms in total. The van der Waals surface area contributed by atoms with Crippen LogP contribution in [-0.4, -0.2) is 66.8 Å². The number of fused-ring (bicyclic) bond motifs is 2. The Morgan fingerprint density at radius 1 is 1.19 bits per heavy atom. The van der Waals surface area contributed by atoms with Gasteiger partial charge in [-0.05, 0) is 63.0 Å². The fraction of sp³-hybridized carbons (Fsp3) is 0.759. The largest absolute Gasteiger partial charge is 0.493 e. The molecule has 1 amide bonds. The molecule has 1 aromatic rings. The van der Waals surface area contributed by atoms with Gasteiger partial charge in [-0.3, -0.25) is 0 Å². The minimum Gasteiger partial charge on any atom is -0.493 e. The highest BCUT2D eigenvalue weighted by atomic mass is 16.6. The zero-order valence-electron chi connectivity index (χ0n) is 22.8. The number of benzene rings is 1. The molecule has 4 fully saturated rings. The number of methoxy groups -OCH3 is 2. The molecule has 198 valence electrons. The Morgan fingerprint density at radius 3 is 2.58 bits per heavy atom. The van der Waals surface area contributed by atoms with Gasteiger partial charge in [0.15, 0.2) is 11.5 Å². The molecule has 2 aliphatic heterocycles. The number of hydrogen-bond acceptors (Lipinski definition) is 6. The molecule has 3 saturated carbocycles. The van der Waals surface area contributed by atoms with E-state index >= 15 is 0 Å². The third-order valence-corrected chi connectivity index (χ3v) is 11.3. The minimum atomic E-state index is -1.01. The first kappa shape index (κ1) is 24.4. The first-order valence-electron chi connectivity index (χ1n) is 13.5. The highest BCUT2D eigenvalue weighted by molar-refractivity contribution is 5.71. The maximum absolute atomic E-state index is 13.3. The summed E-state index contributed by atoms with van der Waals surface area (Å²) in [5.74, 6) is 1.43. The highest BCUT2D eigenvalue weighted by Crippen LogP contribution is 2.78. The van der Waals surface area contributed by atoms with E-state index in [1.165, 1.54) is 11.1 Å². The van der Waals surface area contributed by atoms with Crippen LogP contribution in [0.5, 0.6) is 11.5 Å². The standard InChI is InChI=1S/C29H41NO6/c1-8-35-24(31)30-14-13-28-21-17-9-10-18(33-6)22(21)36-23(28)29(34-7)12-11-27(28,20(30)15-17)16-19(29)26(5,32)25(2,3)4/h9-10,19-20,23,32H,8,11-16H2,1-7H3/t19-,20-,23?,26-,27?,28+,29-/m1/s1. The number of rotatable bonds is 4. The Kier molecular flexibility index (Phi) is 4.95. The molecular weight excluding hydrogens is 458 g/mol. The molecule has 7 rings (SSSR count). The van der Waals surface area contributed by atoms with Gasteiger partial charge in [-0.2, -0.15) is 0 Å². The summed E-state index contributed by atoms with van der Waals surface area (Å²) in [4.78, 5) is 15.3. The van der Waals surface area contributed by atoms with Crippen LogP contribution in [0.25, 0.3) is 0 Å². The lowest BCUT2D eigenvalue weighted by atomic mass is 9.33. The molecule has 4 bridgehead atoms. The molecule has 0 radical (unpaired) electrons. The highest BCUT2D eigenvalue weighted by Gasteiger charge is 2.82. The Labute approximate surface area is 214 Å². The number of hydrogen-bond donors (Lipinski definition) is 1. The van der Waals surface area contributed by atoms with Crippen LogP contribution in [0.4, 0.5) is 4.79 Å². The fourth-order valence-electron chi connectivity index (χ4n) is 9.21. The SMILES string of the molecule is CCOC(=O)N1CC[C@]23c4c5ccc(OC)c4OC2[C@@]2(OC)CCC3(C[C@@H]2[C@@](C)(O)C(C)(C)C)[C@H]1C5. The van der Waals surface area contributed by atoms with Gasteiger partial charge in [0.25, 0.3) is 0 Å². The van der Waals surface area contributed by atoms with Crippen molar-refractivity contribution in [3.63, 3.8) is 0 Å². The fourth-order valence-corrected chi connectivity index (χ4v) is 9.21. The molecule has 36 heavy (non-hydrogen) atoms. The number of nitrogens with zero attached hydrogens (tertiary/aromatic N) is 1. The third-order valence-electron chi connectivity index (χ3n) is 11.3. The van der Waals surface area contributed by atoms with Crippen molar-refractivity contribution in [2.24, 2.45) is 16.7 Å². The number of aliphatic hydroxyl groups is 1. The second-order valence-electron chi connectivity index (χ2n) is 12.9. The first-order valence-corrected chi connectivity index (χ1v) is 13.5. The van der Waals surface area contributed by atoms with Crippen LogP contribution in [-0.2, 0) is 21.3 Å². The van der Waals surface area contributed by atoms with Crippen LogP contribution in [0.2, 0.25) is 0 Å². The molecule has 2 unspecified atom stereocenters. The van der Waals surface area contributed by atoms with Crippen LogP contribution < -0.4 is 9.47 Å². The zero-order chi connectivity index (χ0) is 25.9. The molecule has 7 atom stereocenters. The molecule has 4 aliphatic carbocycles. The smallest absolute Gasteiger partial charge is 0.410 e. The van der Waals surface area contributed by atoms with Crippen LogP contribution in [0, 0.1) is 16.7 Å². The van der Waals surface area contributed by atoms with E-state index in [9.17, 15) is 9.90 Å². The van der Waals surface area contributed by atoms with Crippen LogP contribution >= 0.6 is 0 Å². The van der Waals surface area contributed by atoms with Gasteiger partial charge in [0.1, 0.15) is 11.7 Å². The van der Waals surface area contributed by atoms with E-state index in [4.69, 9.17) is 18.9 Å². The van der Waals surface area contributed by atoms with E-state index in [2.05, 4.69) is 26.8 Å². The summed E-state index contributed by atoms with van der Waals surface area (Å²) in [5.41, 5.74) is -0.0667. The molecule has 1 aromatic carbocycles. The third kappa shape index (κ3) is 2.50. The van der Waals surface area contributed by atoms with E-state index in [0.717, 1.165) is 43.6 Å². The number of piperidine rings is 1. The molecule has 7 heteroatoms. The van der Waals surface area contributed by atoms with Crippen LogP contribution in [0.3, 0.4) is 0 Å². The van der Waals surface area contributed by atoms with Crippen molar-refractivity contribution in [3.05, 3.63) is 23.3 Å². The number of likely N-dealkylation sites (tertiary alicyclic amines) is 1. The van der Waals surface area contributed by atoms with E-state index in [1.54, 1.807) is 14.2 Å². The van der Waals surface area contributed by atoms with Gasteiger partial charge in [-0.25, -0.2) is 4.79 Å². The van der Waals surface area contributed by atoms with Crippen LogP contribution in [0.1, 0.15) is 71.4 Å². The quantitative estimate of drug-likeness (QED) is 0.659. The summed E-state index contributed by atoms with van der Waals surface area (Å²) in [6.07, 6.45) is 3.55. The molecule has 2 heterocycles. The second kappa shape index (κ2) is 7.31. The van der Waals surface area contributed by atoms with E-state index in [-0.39, 0.29) is 40.4 Å². The molecule has 1 saturated heterocycles. The summed E-state index contributed by atoms with van der Waals surface area (Å²) in [6.45, 7) is 11.1. The summed E-state index contributed by atoms with van der Waals surface area (Å²) in [5, 5.41) is 12.2.